The number of aryl methyl sites for hydroxylation is 1. The highest BCUT2D eigenvalue weighted by Crippen LogP contribution is 2.25. The molecule has 0 spiro atoms. The van der Waals surface area contributed by atoms with Crippen LogP contribution in [-0.2, 0) is 17.9 Å². The van der Waals surface area contributed by atoms with Crippen molar-refractivity contribution in [3.63, 3.8) is 0 Å². The number of rotatable bonds is 8. The average molecular weight is 399 g/mol. The quantitative estimate of drug-likeness (QED) is 0.717. The van der Waals surface area contributed by atoms with Gasteiger partial charge in [0.25, 0.3) is 5.91 Å². The zero-order chi connectivity index (χ0) is 21.4. The molecule has 7 nitrogen and oxygen atoms in total. The topological polar surface area (TPSA) is 73.9 Å². The molecular formula is C22H30N4O3. The number of urea groups is 1. The number of amides is 3. The standard InChI is InChI=1S/C22H30N4O3/c1-16-9-10-19(20(11-16)29-15-21(27)26(4)5)24-22(28)23-13-17-7-6-8-18(12-17)14-25(2)3/h6-12H,13-15H2,1-5H3,(H2,23,24,28). The minimum atomic E-state index is -0.337. The average Bonchev–Trinajstić information content (AvgIpc) is 2.66. The van der Waals surface area contributed by atoms with E-state index in [9.17, 15) is 9.59 Å². The lowest BCUT2D eigenvalue weighted by atomic mass is 10.1. The number of likely N-dealkylation sites (N-methyl/N-ethyl adjacent to an activating group) is 1. The van der Waals surface area contributed by atoms with Gasteiger partial charge in [-0.1, -0.05) is 30.3 Å². The molecule has 0 aliphatic rings. The van der Waals surface area contributed by atoms with Crippen molar-refractivity contribution in [1.82, 2.24) is 15.1 Å². The minimum Gasteiger partial charge on any atom is -0.482 e. The zero-order valence-electron chi connectivity index (χ0n) is 17.8. The Morgan fingerprint density at radius 3 is 2.41 bits per heavy atom. The maximum atomic E-state index is 12.4. The monoisotopic (exact) mass is 398 g/mol. The van der Waals surface area contributed by atoms with Gasteiger partial charge in [0.05, 0.1) is 5.69 Å². The summed E-state index contributed by atoms with van der Waals surface area (Å²) in [6.07, 6.45) is 0. The van der Waals surface area contributed by atoms with Crippen molar-refractivity contribution in [1.29, 1.82) is 0 Å². The molecule has 0 aliphatic carbocycles. The van der Waals surface area contributed by atoms with Crippen molar-refractivity contribution in [3.05, 3.63) is 59.2 Å². The summed E-state index contributed by atoms with van der Waals surface area (Å²) >= 11 is 0. The van der Waals surface area contributed by atoms with Crippen molar-refractivity contribution in [2.24, 2.45) is 0 Å². The molecule has 0 bridgehead atoms. The Bertz CT molecular complexity index is 850. The van der Waals surface area contributed by atoms with Crippen LogP contribution in [-0.4, -0.2) is 56.5 Å². The number of benzene rings is 2. The van der Waals surface area contributed by atoms with Crippen molar-refractivity contribution in [3.8, 4) is 5.75 Å². The summed E-state index contributed by atoms with van der Waals surface area (Å²) in [6.45, 7) is 3.08. The fourth-order valence-electron chi connectivity index (χ4n) is 2.67. The van der Waals surface area contributed by atoms with Gasteiger partial charge in [-0.2, -0.15) is 0 Å². The van der Waals surface area contributed by atoms with E-state index >= 15 is 0 Å². The molecule has 2 N–H and O–H groups in total. The molecule has 0 aromatic heterocycles. The Morgan fingerprint density at radius 2 is 1.72 bits per heavy atom. The van der Waals surface area contributed by atoms with Gasteiger partial charge in [-0.15, -0.1) is 0 Å². The molecule has 0 radical (unpaired) electrons. The van der Waals surface area contributed by atoms with Crippen molar-refractivity contribution in [2.75, 3.05) is 40.1 Å². The smallest absolute Gasteiger partial charge is 0.319 e. The van der Waals surface area contributed by atoms with Gasteiger partial charge < -0.3 is 25.2 Å². The van der Waals surface area contributed by atoms with Gasteiger partial charge in [0, 0.05) is 27.2 Å². The van der Waals surface area contributed by atoms with E-state index < -0.39 is 0 Å². The van der Waals surface area contributed by atoms with Crippen LogP contribution in [0.15, 0.2) is 42.5 Å². The van der Waals surface area contributed by atoms with E-state index in [0.29, 0.717) is 18.0 Å². The number of carbonyl (C=O) groups is 2. The predicted octanol–water partition coefficient (Wildman–Crippen LogP) is 2.85. The summed E-state index contributed by atoms with van der Waals surface area (Å²) in [5.41, 5.74) is 3.70. The highest BCUT2D eigenvalue weighted by molar-refractivity contribution is 5.91. The summed E-state index contributed by atoms with van der Waals surface area (Å²) in [6, 6.07) is 13.2. The Kier molecular flexibility index (Phi) is 8.03. The largest absolute Gasteiger partial charge is 0.482 e. The van der Waals surface area contributed by atoms with E-state index in [1.54, 1.807) is 26.2 Å². The summed E-state index contributed by atoms with van der Waals surface area (Å²) in [7, 11) is 7.38. The van der Waals surface area contributed by atoms with E-state index in [1.807, 2.05) is 39.2 Å². The number of nitrogens with zero attached hydrogens (tertiary/aromatic N) is 2. The van der Waals surface area contributed by atoms with Crippen LogP contribution in [0.25, 0.3) is 0 Å². The van der Waals surface area contributed by atoms with Gasteiger partial charge >= 0.3 is 6.03 Å². The minimum absolute atomic E-state index is 0.0918. The summed E-state index contributed by atoms with van der Waals surface area (Å²) in [4.78, 5) is 27.7. The maximum Gasteiger partial charge on any atom is 0.319 e. The summed E-state index contributed by atoms with van der Waals surface area (Å²) < 4.78 is 5.62. The number of anilines is 1. The molecule has 0 aliphatic heterocycles. The molecule has 156 valence electrons. The first-order valence-corrected chi connectivity index (χ1v) is 9.45. The Morgan fingerprint density at radius 1 is 1.00 bits per heavy atom. The molecular weight excluding hydrogens is 368 g/mol. The molecule has 0 atom stereocenters. The van der Waals surface area contributed by atoms with E-state index in [0.717, 1.165) is 17.7 Å². The number of nitrogens with one attached hydrogen (secondary N) is 2. The Hall–Kier alpha value is -3.06. The van der Waals surface area contributed by atoms with Gasteiger partial charge in [-0.3, -0.25) is 4.79 Å². The molecule has 7 heteroatoms. The summed E-state index contributed by atoms with van der Waals surface area (Å²) in [5.74, 6) is 0.308. The number of carbonyl (C=O) groups excluding carboxylic acids is 2. The van der Waals surface area contributed by atoms with E-state index in [4.69, 9.17) is 4.74 Å². The third-order valence-corrected chi connectivity index (χ3v) is 4.18. The second-order valence-electron chi connectivity index (χ2n) is 7.44. The first kappa shape index (κ1) is 22.2. The fourth-order valence-corrected chi connectivity index (χ4v) is 2.67. The molecule has 0 fully saturated rings. The number of hydrogen-bond acceptors (Lipinski definition) is 4. The predicted molar refractivity (Wildman–Crippen MR) is 115 cm³/mol. The highest BCUT2D eigenvalue weighted by Gasteiger charge is 2.11. The zero-order valence-corrected chi connectivity index (χ0v) is 17.8. The second-order valence-corrected chi connectivity index (χ2v) is 7.44. The van der Waals surface area contributed by atoms with Crippen LogP contribution in [0.1, 0.15) is 16.7 Å². The number of ether oxygens (including phenoxy) is 1. The Labute approximate surface area is 172 Å². The molecule has 0 unspecified atom stereocenters. The molecule has 0 saturated heterocycles. The van der Waals surface area contributed by atoms with Gasteiger partial charge in [-0.25, -0.2) is 4.79 Å². The van der Waals surface area contributed by atoms with Crippen LogP contribution < -0.4 is 15.4 Å². The van der Waals surface area contributed by atoms with Gasteiger partial charge in [0.1, 0.15) is 5.75 Å². The lowest BCUT2D eigenvalue weighted by Gasteiger charge is -2.16. The third kappa shape index (κ3) is 7.46. The van der Waals surface area contributed by atoms with Crippen molar-refractivity contribution >= 4 is 17.6 Å². The first-order valence-electron chi connectivity index (χ1n) is 9.45. The van der Waals surface area contributed by atoms with Crippen LogP contribution in [0, 0.1) is 6.92 Å². The van der Waals surface area contributed by atoms with Crippen molar-refractivity contribution < 1.29 is 14.3 Å². The van der Waals surface area contributed by atoms with Gasteiger partial charge in [-0.05, 0) is 49.8 Å². The lowest BCUT2D eigenvalue weighted by molar-refractivity contribution is -0.130. The molecule has 2 rings (SSSR count). The van der Waals surface area contributed by atoms with Crippen LogP contribution in [0.2, 0.25) is 0 Å². The molecule has 3 amide bonds. The van der Waals surface area contributed by atoms with E-state index in [2.05, 4.69) is 27.7 Å². The maximum absolute atomic E-state index is 12.4. The molecule has 0 saturated carbocycles. The molecule has 2 aromatic rings. The van der Waals surface area contributed by atoms with Crippen LogP contribution >= 0.6 is 0 Å². The van der Waals surface area contributed by atoms with E-state index in [1.165, 1.54) is 10.5 Å². The van der Waals surface area contributed by atoms with Gasteiger partial charge in [0.15, 0.2) is 6.61 Å². The van der Waals surface area contributed by atoms with E-state index in [-0.39, 0.29) is 18.5 Å². The van der Waals surface area contributed by atoms with Gasteiger partial charge in [0.2, 0.25) is 0 Å². The summed E-state index contributed by atoms with van der Waals surface area (Å²) in [5, 5.41) is 5.66. The van der Waals surface area contributed by atoms with Crippen LogP contribution in [0.5, 0.6) is 5.75 Å². The fraction of sp³-hybridized carbons (Fsp3) is 0.364. The normalized spacial score (nSPS) is 10.6. The van der Waals surface area contributed by atoms with Crippen molar-refractivity contribution in [2.45, 2.75) is 20.0 Å². The van der Waals surface area contributed by atoms with Crippen LogP contribution in [0.4, 0.5) is 10.5 Å². The molecule has 0 heterocycles. The number of hydrogen-bond donors (Lipinski definition) is 2. The van der Waals surface area contributed by atoms with Crippen LogP contribution in [0.3, 0.4) is 0 Å². The Balaban J connectivity index is 1.97. The third-order valence-electron chi connectivity index (χ3n) is 4.18. The second kappa shape index (κ2) is 10.5. The molecule has 2 aromatic carbocycles. The molecule has 29 heavy (non-hydrogen) atoms. The lowest BCUT2D eigenvalue weighted by Crippen LogP contribution is -2.29. The SMILES string of the molecule is Cc1ccc(NC(=O)NCc2cccc(CN(C)C)c2)c(OCC(=O)N(C)C)c1. The first-order chi connectivity index (χ1) is 13.7. The highest BCUT2D eigenvalue weighted by atomic mass is 16.5.